The molecule has 5 heteroatoms. The summed E-state index contributed by atoms with van der Waals surface area (Å²) in [4.78, 5) is 13.3. The number of anilines is 1. The number of carbonyl (C=O) groups is 1. The van der Waals surface area contributed by atoms with Crippen LogP contribution in [0.3, 0.4) is 0 Å². The van der Waals surface area contributed by atoms with Crippen molar-refractivity contribution in [1.29, 1.82) is 0 Å². The van der Waals surface area contributed by atoms with E-state index < -0.39 is 5.97 Å². The highest BCUT2D eigenvalue weighted by atomic mass is 19.1. The van der Waals surface area contributed by atoms with Crippen LogP contribution in [0.5, 0.6) is 5.75 Å². The first kappa shape index (κ1) is 15.3. The fourth-order valence-corrected chi connectivity index (χ4v) is 2.56. The van der Waals surface area contributed by atoms with Gasteiger partial charge in [0.05, 0.1) is 6.54 Å². The minimum absolute atomic E-state index is 0.159. The van der Waals surface area contributed by atoms with Crippen LogP contribution in [0.25, 0.3) is 0 Å². The average molecular weight is 315 g/mol. The zero-order valence-electron chi connectivity index (χ0n) is 12.6. The maximum atomic E-state index is 13.1. The molecule has 4 nitrogen and oxygen atoms in total. The minimum atomic E-state index is -1.00. The molecule has 120 valence electrons. The van der Waals surface area contributed by atoms with E-state index in [1.165, 1.54) is 18.2 Å². The van der Waals surface area contributed by atoms with Gasteiger partial charge in [-0.3, -0.25) is 0 Å². The van der Waals surface area contributed by atoms with Crippen molar-refractivity contribution in [3.8, 4) is 5.75 Å². The Labute approximate surface area is 134 Å². The molecule has 0 spiro atoms. The molecule has 2 aromatic carbocycles. The number of carboxylic acids is 1. The molecule has 2 aromatic rings. The molecule has 1 aliphatic carbocycles. The van der Waals surface area contributed by atoms with Gasteiger partial charge in [0.2, 0.25) is 0 Å². The first-order valence-corrected chi connectivity index (χ1v) is 7.62. The third-order valence-electron chi connectivity index (χ3n) is 3.85. The SMILES string of the molecule is O=C(O)c1ccccc1OCCN(c1ccc(F)cc1)C1CC1. The van der Waals surface area contributed by atoms with Gasteiger partial charge in [0, 0.05) is 11.7 Å². The first-order chi connectivity index (χ1) is 11.1. The number of para-hydroxylation sites is 1. The predicted molar refractivity (Wildman–Crippen MR) is 85.7 cm³/mol. The molecule has 0 aromatic heterocycles. The summed E-state index contributed by atoms with van der Waals surface area (Å²) in [6.07, 6.45) is 2.23. The molecule has 0 saturated heterocycles. The number of ether oxygens (including phenoxy) is 1. The molecule has 0 amide bonds. The van der Waals surface area contributed by atoms with Crippen LogP contribution in [-0.4, -0.2) is 30.3 Å². The highest BCUT2D eigenvalue weighted by molar-refractivity contribution is 5.90. The molecule has 1 N–H and O–H groups in total. The third kappa shape index (κ3) is 3.80. The summed E-state index contributed by atoms with van der Waals surface area (Å²) in [5.74, 6) is -0.885. The maximum Gasteiger partial charge on any atom is 0.339 e. The molecule has 1 fully saturated rings. The third-order valence-corrected chi connectivity index (χ3v) is 3.85. The number of rotatable bonds is 7. The predicted octanol–water partition coefficient (Wildman–Crippen LogP) is 3.57. The van der Waals surface area contributed by atoms with Crippen LogP contribution < -0.4 is 9.64 Å². The Kier molecular flexibility index (Phi) is 4.46. The molecule has 0 atom stereocenters. The topological polar surface area (TPSA) is 49.8 Å². The number of carboxylic acid groups (broad SMARTS) is 1. The van der Waals surface area contributed by atoms with Crippen molar-refractivity contribution < 1.29 is 19.0 Å². The van der Waals surface area contributed by atoms with Gasteiger partial charge in [0.1, 0.15) is 23.7 Å². The lowest BCUT2D eigenvalue weighted by Crippen LogP contribution is -2.30. The van der Waals surface area contributed by atoms with Crippen LogP contribution in [0.1, 0.15) is 23.2 Å². The van der Waals surface area contributed by atoms with Gasteiger partial charge in [-0.1, -0.05) is 12.1 Å². The Morgan fingerprint density at radius 1 is 1.17 bits per heavy atom. The molecule has 0 heterocycles. The summed E-state index contributed by atoms with van der Waals surface area (Å²) in [5, 5.41) is 9.15. The Balaban J connectivity index is 1.64. The summed E-state index contributed by atoms with van der Waals surface area (Å²) >= 11 is 0. The molecule has 0 aliphatic heterocycles. The standard InChI is InChI=1S/C18H18FNO3/c19-13-5-7-14(8-6-13)20(15-9-10-15)11-12-23-17-4-2-1-3-16(17)18(21)22/h1-8,15H,9-12H2,(H,21,22). The van der Waals surface area contributed by atoms with Gasteiger partial charge in [-0.05, 0) is 49.2 Å². The van der Waals surface area contributed by atoms with E-state index in [1.807, 2.05) is 0 Å². The van der Waals surface area contributed by atoms with E-state index in [9.17, 15) is 9.18 Å². The van der Waals surface area contributed by atoms with Crippen LogP contribution in [0.4, 0.5) is 10.1 Å². The fraction of sp³-hybridized carbons (Fsp3) is 0.278. The van der Waals surface area contributed by atoms with Crippen molar-refractivity contribution in [2.75, 3.05) is 18.1 Å². The van der Waals surface area contributed by atoms with Gasteiger partial charge >= 0.3 is 5.97 Å². The molecular weight excluding hydrogens is 297 g/mol. The van der Waals surface area contributed by atoms with Crippen molar-refractivity contribution in [3.05, 3.63) is 59.9 Å². The molecule has 23 heavy (non-hydrogen) atoms. The lowest BCUT2D eigenvalue weighted by atomic mass is 10.2. The smallest absolute Gasteiger partial charge is 0.339 e. The van der Waals surface area contributed by atoms with Gasteiger partial charge in [0.25, 0.3) is 0 Å². The summed E-state index contributed by atoms with van der Waals surface area (Å²) in [6, 6.07) is 13.5. The van der Waals surface area contributed by atoms with Gasteiger partial charge in [-0.2, -0.15) is 0 Å². The first-order valence-electron chi connectivity index (χ1n) is 7.62. The second-order valence-electron chi connectivity index (χ2n) is 5.55. The number of halogens is 1. The van der Waals surface area contributed by atoms with E-state index >= 15 is 0 Å². The molecule has 0 radical (unpaired) electrons. The Hall–Kier alpha value is -2.56. The van der Waals surface area contributed by atoms with Crippen LogP contribution in [-0.2, 0) is 0 Å². The van der Waals surface area contributed by atoms with Gasteiger partial charge in [0.15, 0.2) is 0 Å². The number of aromatic carboxylic acids is 1. The van der Waals surface area contributed by atoms with Crippen LogP contribution >= 0.6 is 0 Å². The van der Waals surface area contributed by atoms with Gasteiger partial charge < -0.3 is 14.7 Å². The fourth-order valence-electron chi connectivity index (χ4n) is 2.56. The zero-order valence-corrected chi connectivity index (χ0v) is 12.6. The zero-order chi connectivity index (χ0) is 16.2. The van der Waals surface area contributed by atoms with Crippen molar-refractivity contribution in [1.82, 2.24) is 0 Å². The normalized spacial score (nSPS) is 13.6. The highest BCUT2D eigenvalue weighted by Crippen LogP contribution is 2.31. The Morgan fingerprint density at radius 3 is 2.52 bits per heavy atom. The molecule has 1 saturated carbocycles. The summed E-state index contributed by atoms with van der Waals surface area (Å²) < 4.78 is 18.7. The second kappa shape index (κ2) is 6.69. The molecule has 0 bridgehead atoms. The highest BCUT2D eigenvalue weighted by Gasteiger charge is 2.29. The monoisotopic (exact) mass is 315 g/mol. The van der Waals surface area contributed by atoms with Crippen LogP contribution in [0.15, 0.2) is 48.5 Å². The van der Waals surface area contributed by atoms with E-state index in [-0.39, 0.29) is 11.4 Å². The van der Waals surface area contributed by atoms with E-state index in [0.717, 1.165) is 18.5 Å². The molecular formula is C18H18FNO3. The van der Waals surface area contributed by atoms with Crippen LogP contribution in [0.2, 0.25) is 0 Å². The molecule has 1 aliphatic rings. The number of hydrogen-bond donors (Lipinski definition) is 1. The van der Waals surface area contributed by atoms with Gasteiger partial charge in [-0.25, -0.2) is 9.18 Å². The van der Waals surface area contributed by atoms with E-state index in [2.05, 4.69) is 4.90 Å². The average Bonchev–Trinajstić information content (AvgIpc) is 3.38. The van der Waals surface area contributed by atoms with Crippen molar-refractivity contribution in [3.63, 3.8) is 0 Å². The van der Waals surface area contributed by atoms with E-state index in [4.69, 9.17) is 9.84 Å². The molecule has 0 unspecified atom stereocenters. The van der Waals surface area contributed by atoms with Crippen molar-refractivity contribution in [2.45, 2.75) is 18.9 Å². The minimum Gasteiger partial charge on any atom is -0.491 e. The summed E-state index contributed by atoms with van der Waals surface area (Å²) in [6.45, 7) is 1.00. The lowest BCUT2D eigenvalue weighted by molar-refractivity contribution is 0.0692. The van der Waals surface area contributed by atoms with E-state index in [1.54, 1.807) is 30.3 Å². The van der Waals surface area contributed by atoms with Crippen molar-refractivity contribution in [2.24, 2.45) is 0 Å². The lowest BCUT2D eigenvalue weighted by Gasteiger charge is -2.25. The summed E-state index contributed by atoms with van der Waals surface area (Å²) in [5.41, 5.74) is 1.12. The van der Waals surface area contributed by atoms with Gasteiger partial charge in [-0.15, -0.1) is 0 Å². The van der Waals surface area contributed by atoms with E-state index in [0.29, 0.717) is 24.9 Å². The largest absolute Gasteiger partial charge is 0.491 e. The number of nitrogens with zero attached hydrogens (tertiary/aromatic N) is 1. The number of benzene rings is 2. The number of hydrogen-bond acceptors (Lipinski definition) is 3. The van der Waals surface area contributed by atoms with Crippen molar-refractivity contribution >= 4 is 11.7 Å². The molecule has 3 rings (SSSR count). The quantitative estimate of drug-likeness (QED) is 0.848. The second-order valence-corrected chi connectivity index (χ2v) is 5.55. The Bertz CT molecular complexity index is 683. The Morgan fingerprint density at radius 2 is 1.87 bits per heavy atom. The maximum absolute atomic E-state index is 13.1. The summed E-state index contributed by atoms with van der Waals surface area (Å²) in [7, 11) is 0. The van der Waals surface area contributed by atoms with Crippen LogP contribution in [0, 0.1) is 5.82 Å².